The Morgan fingerprint density at radius 2 is 1.95 bits per heavy atom. The summed E-state index contributed by atoms with van der Waals surface area (Å²) < 4.78 is 0. The Labute approximate surface area is 133 Å². The fourth-order valence-corrected chi connectivity index (χ4v) is 3.05. The van der Waals surface area contributed by atoms with Crippen molar-refractivity contribution in [2.45, 2.75) is 40.0 Å². The summed E-state index contributed by atoms with van der Waals surface area (Å²) in [5.41, 5.74) is 2.02. The van der Waals surface area contributed by atoms with E-state index in [2.05, 4.69) is 13.8 Å². The van der Waals surface area contributed by atoms with Gasteiger partial charge in [0.25, 0.3) is 0 Å². The van der Waals surface area contributed by atoms with Gasteiger partial charge < -0.3 is 9.80 Å². The molecule has 0 saturated carbocycles. The molecule has 1 atom stereocenters. The number of carbonyl (C=O) groups is 2. The van der Waals surface area contributed by atoms with E-state index in [1.807, 2.05) is 36.1 Å². The molecule has 22 heavy (non-hydrogen) atoms. The van der Waals surface area contributed by atoms with Gasteiger partial charge in [0.15, 0.2) is 0 Å². The van der Waals surface area contributed by atoms with E-state index in [1.165, 1.54) is 0 Å². The fourth-order valence-electron chi connectivity index (χ4n) is 3.05. The van der Waals surface area contributed by atoms with Crippen LogP contribution in [0, 0.1) is 12.8 Å². The second-order valence-corrected chi connectivity index (χ2v) is 6.07. The molecule has 4 nitrogen and oxygen atoms in total. The number of benzene rings is 1. The molecule has 2 rings (SSSR count). The molecule has 120 valence electrons. The molecule has 0 aromatic heterocycles. The summed E-state index contributed by atoms with van der Waals surface area (Å²) in [5, 5.41) is 0. The first-order valence-corrected chi connectivity index (χ1v) is 8.22. The number of hydrogen-bond donors (Lipinski definition) is 0. The van der Waals surface area contributed by atoms with Crippen molar-refractivity contribution < 1.29 is 9.59 Å². The molecule has 1 aromatic rings. The summed E-state index contributed by atoms with van der Waals surface area (Å²) in [7, 11) is 0. The summed E-state index contributed by atoms with van der Waals surface area (Å²) in [4.78, 5) is 28.6. The molecule has 0 aliphatic carbocycles. The predicted octanol–water partition coefficient (Wildman–Crippen LogP) is 3.00. The van der Waals surface area contributed by atoms with Gasteiger partial charge in [0.1, 0.15) is 0 Å². The van der Waals surface area contributed by atoms with Gasteiger partial charge in [-0.15, -0.1) is 0 Å². The van der Waals surface area contributed by atoms with Gasteiger partial charge in [0, 0.05) is 31.7 Å². The van der Waals surface area contributed by atoms with E-state index in [9.17, 15) is 9.59 Å². The first-order chi connectivity index (χ1) is 10.6. The van der Waals surface area contributed by atoms with Crippen molar-refractivity contribution in [1.29, 1.82) is 0 Å². The van der Waals surface area contributed by atoms with Gasteiger partial charge in [-0.05, 0) is 37.5 Å². The zero-order valence-corrected chi connectivity index (χ0v) is 13.8. The van der Waals surface area contributed by atoms with Crippen LogP contribution in [0.25, 0.3) is 0 Å². The van der Waals surface area contributed by atoms with E-state index >= 15 is 0 Å². The molecule has 0 unspecified atom stereocenters. The Kier molecular flexibility index (Phi) is 5.58. The van der Waals surface area contributed by atoms with Gasteiger partial charge in [0.2, 0.25) is 11.8 Å². The molecule has 1 saturated heterocycles. The standard InChI is InChI=1S/C18H26N2O2/c1-4-9-19(10-5-2)18(22)15-12-17(21)20(13-15)16-8-6-7-14(3)11-16/h6-8,11,15H,4-5,9-10,12-13H2,1-3H3/t15-/m1/s1. The molecule has 0 N–H and O–H groups in total. The molecule has 0 radical (unpaired) electrons. The van der Waals surface area contributed by atoms with Gasteiger partial charge in [-0.1, -0.05) is 26.0 Å². The average molecular weight is 302 g/mol. The van der Waals surface area contributed by atoms with Crippen LogP contribution in [0.1, 0.15) is 38.7 Å². The largest absolute Gasteiger partial charge is 0.342 e. The Bertz CT molecular complexity index is 536. The van der Waals surface area contributed by atoms with Crippen LogP contribution in [-0.2, 0) is 9.59 Å². The van der Waals surface area contributed by atoms with Crippen LogP contribution in [0.4, 0.5) is 5.69 Å². The molecule has 2 amide bonds. The van der Waals surface area contributed by atoms with Gasteiger partial charge in [-0.25, -0.2) is 0 Å². The van der Waals surface area contributed by atoms with E-state index in [-0.39, 0.29) is 17.7 Å². The highest BCUT2D eigenvalue weighted by atomic mass is 16.2. The van der Waals surface area contributed by atoms with E-state index < -0.39 is 0 Å². The lowest BCUT2D eigenvalue weighted by Crippen LogP contribution is -2.38. The zero-order chi connectivity index (χ0) is 16.1. The van der Waals surface area contributed by atoms with E-state index in [4.69, 9.17) is 0 Å². The van der Waals surface area contributed by atoms with Gasteiger partial charge >= 0.3 is 0 Å². The lowest BCUT2D eigenvalue weighted by Gasteiger charge is -2.24. The number of amides is 2. The third-order valence-electron chi connectivity index (χ3n) is 4.09. The van der Waals surface area contributed by atoms with Crippen LogP contribution < -0.4 is 4.90 Å². The Balaban J connectivity index is 2.09. The quantitative estimate of drug-likeness (QED) is 0.810. The highest BCUT2D eigenvalue weighted by Gasteiger charge is 2.36. The summed E-state index contributed by atoms with van der Waals surface area (Å²) in [6.07, 6.45) is 2.23. The third-order valence-corrected chi connectivity index (χ3v) is 4.09. The van der Waals surface area contributed by atoms with Crippen molar-refractivity contribution in [3.63, 3.8) is 0 Å². The lowest BCUT2D eigenvalue weighted by molar-refractivity contribution is -0.135. The summed E-state index contributed by atoms with van der Waals surface area (Å²) in [6, 6.07) is 7.90. The molecule has 1 aliphatic rings. The topological polar surface area (TPSA) is 40.6 Å². The molecule has 0 spiro atoms. The zero-order valence-electron chi connectivity index (χ0n) is 13.8. The minimum atomic E-state index is -0.203. The SMILES string of the molecule is CCCN(CCC)C(=O)[C@@H]1CC(=O)N(c2cccc(C)c2)C1. The Morgan fingerprint density at radius 3 is 2.55 bits per heavy atom. The second kappa shape index (κ2) is 7.43. The van der Waals surface area contributed by atoms with Crippen LogP contribution in [0.5, 0.6) is 0 Å². The monoisotopic (exact) mass is 302 g/mol. The molecule has 1 heterocycles. The van der Waals surface area contributed by atoms with Crippen LogP contribution in [0.3, 0.4) is 0 Å². The Morgan fingerprint density at radius 1 is 1.27 bits per heavy atom. The third kappa shape index (κ3) is 3.67. The summed E-state index contributed by atoms with van der Waals surface area (Å²) in [5.74, 6) is -0.0183. The van der Waals surface area contributed by atoms with Gasteiger partial charge in [-0.3, -0.25) is 9.59 Å². The number of nitrogens with zero attached hydrogens (tertiary/aromatic N) is 2. The summed E-state index contributed by atoms with van der Waals surface area (Å²) in [6.45, 7) is 8.23. The number of aryl methyl sites for hydroxylation is 1. The molecule has 1 fully saturated rings. The molecule has 0 bridgehead atoms. The van der Waals surface area contributed by atoms with Gasteiger partial charge in [-0.2, -0.15) is 0 Å². The summed E-state index contributed by atoms with van der Waals surface area (Å²) >= 11 is 0. The van der Waals surface area contributed by atoms with Crippen molar-refractivity contribution in [1.82, 2.24) is 4.90 Å². The van der Waals surface area contributed by atoms with E-state index in [1.54, 1.807) is 4.90 Å². The minimum absolute atomic E-state index is 0.0527. The van der Waals surface area contributed by atoms with Crippen LogP contribution in [0.15, 0.2) is 24.3 Å². The van der Waals surface area contributed by atoms with Crippen molar-refractivity contribution in [2.75, 3.05) is 24.5 Å². The highest BCUT2D eigenvalue weighted by molar-refractivity contribution is 6.00. The van der Waals surface area contributed by atoms with Crippen molar-refractivity contribution in [2.24, 2.45) is 5.92 Å². The van der Waals surface area contributed by atoms with E-state index in [0.29, 0.717) is 13.0 Å². The van der Waals surface area contributed by atoms with Crippen LogP contribution in [-0.4, -0.2) is 36.3 Å². The molecular formula is C18H26N2O2. The highest BCUT2D eigenvalue weighted by Crippen LogP contribution is 2.27. The van der Waals surface area contributed by atoms with Crippen molar-refractivity contribution >= 4 is 17.5 Å². The first kappa shape index (κ1) is 16.5. The molecule has 4 heteroatoms. The van der Waals surface area contributed by atoms with Crippen molar-refractivity contribution in [3.8, 4) is 0 Å². The number of hydrogen-bond acceptors (Lipinski definition) is 2. The van der Waals surface area contributed by atoms with Crippen LogP contribution >= 0.6 is 0 Å². The van der Waals surface area contributed by atoms with Gasteiger partial charge in [0.05, 0.1) is 5.92 Å². The smallest absolute Gasteiger partial charge is 0.228 e. The van der Waals surface area contributed by atoms with Crippen molar-refractivity contribution in [3.05, 3.63) is 29.8 Å². The van der Waals surface area contributed by atoms with Crippen LogP contribution in [0.2, 0.25) is 0 Å². The number of anilines is 1. The second-order valence-electron chi connectivity index (χ2n) is 6.07. The number of rotatable bonds is 6. The predicted molar refractivity (Wildman–Crippen MR) is 88.8 cm³/mol. The maximum absolute atomic E-state index is 12.7. The Hall–Kier alpha value is -1.84. The molecule has 1 aliphatic heterocycles. The molecule has 1 aromatic carbocycles. The lowest BCUT2D eigenvalue weighted by atomic mass is 10.1. The first-order valence-electron chi connectivity index (χ1n) is 8.22. The average Bonchev–Trinajstić information content (AvgIpc) is 2.88. The maximum atomic E-state index is 12.7. The van der Waals surface area contributed by atoms with E-state index in [0.717, 1.165) is 37.2 Å². The maximum Gasteiger partial charge on any atom is 0.228 e. The normalized spacial score (nSPS) is 17.9. The minimum Gasteiger partial charge on any atom is -0.342 e. The molecular weight excluding hydrogens is 276 g/mol. The fraction of sp³-hybridized carbons (Fsp3) is 0.556. The number of carbonyl (C=O) groups excluding carboxylic acids is 2.